The van der Waals surface area contributed by atoms with Gasteiger partial charge >= 0.3 is 0 Å². The standard InChI is InChI=1S/C15H23NO4S/c1-15(18,8-9-19-2)11-16-14(17)10-21-13-6-4-12(20-3)5-7-13/h4-7,18H,8-11H2,1-3H3,(H,16,17). The van der Waals surface area contributed by atoms with Gasteiger partial charge in [-0.1, -0.05) is 0 Å². The van der Waals surface area contributed by atoms with Crippen molar-refractivity contribution in [3.8, 4) is 5.75 Å². The van der Waals surface area contributed by atoms with Crippen molar-refractivity contribution >= 4 is 17.7 Å². The fourth-order valence-electron chi connectivity index (χ4n) is 1.57. The van der Waals surface area contributed by atoms with Crippen molar-refractivity contribution < 1.29 is 19.4 Å². The fourth-order valence-corrected chi connectivity index (χ4v) is 2.30. The Bertz CT molecular complexity index is 434. The molecular weight excluding hydrogens is 290 g/mol. The fraction of sp³-hybridized carbons (Fsp3) is 0.533. The number of carbonyl (C=O) groups is 1. The van der Waals surface area contributed by atoms with Gasteiger partial charge in [-0.15, -0.1) is 11.8 Å². The Morgan fingerprint density at radius 3 is 2.57 bits per heavy atom. The van der Waals surface area contributed by atoms with Crippen LogP contribution in [-0.4, -0.2) is 49.7 Å². The molecule has 0 heterocycles. The summed E-state index contributed by atoms with van der Waals surface area (Å²) in [6.45, 7) is 2.37. The zero-order valence-electron chi connectivity index (χ0n) is 12.7. The van der Waals surface area contributed by atoms with Crippen LogP contribution in [-0.2, 0) is 9.53 Å². The minimum absolute atomic E-state index is 0.103. The number of hydrogen-bond acceptors (Lipinski definition) is 5. The molecule has 0 saturated carbocycles. The van der Waals surface area contributed by atoms with Gasteiger partial charge < -0.3 is 19.9 Å². The number of aliphatic hydroxyl groups is 1. The first-order valence-corrected chi connectivity index (χ1v) is 7.70. The molecule has 0 fully saturated rings. The van der Waals surface area contributed by atoms with E-state index < -0.39 is 5.60 Å². The molecule has 1 unspecified atom stereocenters. The number of carbonyl (C=O) groups excluding carboxylic acids is 1. The van der Waals surface area contributed by atoms with Crippen molar-refractivity contribution in [2.24, 2.45) is 0 Å². The van der Waals surface area contributed by atoms with Crippen LogP contribution >= 0.6 is 11.8 Å². The lowest BCUT2D eigenvalue weighted by Gasteiger charge is -2.23. The monoisotopic (exact) mass is 313 g/mol. The van der Waals surface area contributed by atoms with Crippen LogP contribution in [0, 0.1) is 0 Å². The largest absolute Gasteiger partial charge is 0.497 e. The molecule has 1 aromatic carbocycles. The highest BCUT2D eigenvalue weighted by Gasteiger charge is 2.20. The van der Waals surface area contributed by atoms with E-state index in [4.69, 9.17) is 9.47 Å². The van der Waals surface area contributed by atoms with Crippen molar-refractivity contribution in [3.63, 3.8) is 0 Å². The Kier molecular flexibility index (Phi) is 7.56. The number of amides is 1. The summed E-state index contributed by atoms with van der Waals surface area (Å²) in [5, 5.41) is 12.8. The van der Waals surface area contributed by atoms with E-state index >= 15 is 0 Å². The minimum atomic E-state index is -0.948. The molecule has 2 N–H and O–H groups in total. The summed E-state index contributed by atoms with van der Waals surface area (Å²) in [4.78, 5) is 12.8. The maximum Gasteiger partial charge on any atom is 0.230 e. The highest BCUT2D eigenvalue weighted by molar-refractivity contribution is 8.00. The number of ether oxygens (including phenoxy) is 2. The highest BCUT2D eigenvalue weighted by atomic mass is 32.2. The lowest BCUT2D eigenvalue weighted by Crippen LogP contribution is -2.41. The van der Waals surface area contributed by atoms with Crippen LogP contribution in [0.25, 0.3) is 0 Å². The Labute approximate surface area is 130 Å². The van der Waals surface area contributed by atoms with Crippen molar-refractivity contribution in [2.45, 2.75) is 23.8 Å². The molecular formula is C15H23NO4S. The van der Waals surface area contributed by atoms with Crippen LogP contribution in [0.5, 0.6) is 5.75 Å². The predicted molar refractivity (Wildman–Crippen MR) is 83.8 cm³/mol. The van der Waals surface area contributed by atoms with E-state index in [0.29, 0.717) is 18.8 Å². The first-order chi connectivity index (χ1) is 9.96. The van der Waals surface area contributed by atoms with E-state index in [1.807, 2.05) is 24.3 Å². The first-order valence-electron chi connectivity index (χ1n) is 6.72. The zero-order chi connectivity index (χ0) is 15.7. The van der Waals surface area contributed by atoms with Crippen LogP contribution in [0.4, 0.5) is 0 Å². The molecule has 0 aromatic heterocycles. The van der Waals surface area contributed by atoms with Gasteiger partial charge in [-0.05, 0) is 31.2 Å². The molecule has 0 spiro atoms. The molecule has 0 aliphatic rings. The number of nitrogens with one attached hydrogen (secondary N) is 1. The molecule has 0 saturated heterocycles. The van der Waals surface area contributed by atoms with Crippen LogP contribution in [0.3, 0.4) is 0 Å². The van der Waals surface area contributed by atoms with Gasteiger partial charge in [0, 0.05) is 31.6 Å². The molecule has 1 amide bonds. The SMILES string of the molecule is COCCC(C)(O)CNC(=O)CSc1ccc(OC)cc1. The Morgan fingerprint density at radius 1 is 1.33 bits per heavy atom. The molecule has 0 aliphatic carbocycles. The van der Waals surface area contributed by atoms with Crippen LogP contribution in [0.15, 0.2) is 29.2 Å². The number of rotatable bonds is 9. The van der Waals surface area contributed by atoms with E-state index in [2.05, 4.69) is 5.32 Å². The van der Waals surface area contributed by atoms with Gasteiger partial charge in [-0.25, -0.2) is 0 Å². The topological polar surface area (TPSA) is 67.8 Å². The molecule has 118 valence electrons. The number of methoxy groups -OCH3 is 2. The summed E-state index contributed by atoms with van der Waals surface area (Å²) in [6.07, 6.45) is 0.482. The third-order valence-electron chi connectivity index (χ3n) is 2.94. The van der Waals surface area contributed by atoms with Crippen LogP contribution in [0.2, 0.25) is 0 Å². The van der Waals surface area contributed by atoms with E-state index in [0.717, 1.165) is 10.6 Å². The average molecular weight is 313 g/mol. The van der Waals surface area contributed by atoms with Crippen molar-refractivity contribution in [1.29, 1.82) is 0 Å². The second kappa shape index (κ2) is 8.92. The Morgan fingerprint density at radius 2 is 2.00 bits per heavy atom. The molecule has 21 heavy (non-hydrogen) atoms. The van der Waals surface area contributed by atoms with Crippen molar-refractivity contribution in [2.75, 3.05) is 33.1 Å². The van der Waals surface area contributed by atoms with Gasteiger partial charge in [-0.3, -0.25) is 4.79 Å². The van der Waals surface area contributed by atoms with E-state index in [9.17, 15) is 9.90 Å². The van der Waals surface area contributed by atoms with Crippen LogP contribution in [0.1, 0.15) is 13.3 Å². The Balaban J connectivity index is 2.30. The molecule has 1 atom stereocenters. The predicted octanol–water partition coefficient (Wildman–Crippen LogP) is 1.69. The van der Waals surface area contributed by atoms with Crippen LogP contribution < -0.4 is 10.1 Å². The quantitative estimate of drug-likeness (QED) is 0.679. The zero-order valence-corrected chi connectivity index (χ0v) is 13.5. The van der Waals surface area contributed by atoms with Gasteiger partial charge in [0.1, 0.15) is 5.75 Å². The van der Waals surface area contributed by atoms with Gasteiger partial charge in [0.05, 0.1) is 18.5 Å². The smallest absolute Gasteiger partial charge is 0.230 e. The lowest BCUT2D eigenvalue weighted by molar-refractivity contribution is -0.119. The van der Waals surface area contributed by atoms with Gasteiger partial charge in [-0.2, -0.15) is 0 Å². The average Bonchev–Trinajstić information content (AvgIpc) is 2.49. The molecule has 0 bridgehead atoms. The van der Waals surface area contributed by atoms with Crippen molar-refractivity contribution in [3.05, 3.63) is 24.3 Å². The Hall–Kier alpha value is -1.24. The summed E-state index contributed by atoms with van der Waals surface area (Å²) in [6, 6.07) is 7.53. The number of thioether (sulfide) groups is 1. The maximum absolute atomic E-state index is 11.8. The number of hydrogen-bond donors (Lipinski definition) is 2. The molecule has 0 radical (unpaired) electrons. The third-order valence-corrected chi connectivity index (χ3v) is 3.95. The number of benzene rings is 1. The van der Waals surface area contributed by atoms with E-state index in [-0.39, 0.29) is 12.5 Å². The van der Waals surface area contributed by atoms with Gasteiger partial charge in [0.25, 0.3) is 0 Å². The van der Waals surface area contributed by atoms with Gasteiger partial charge in [0.15, 0.2) is 0 Å². The molecule has 1 aromatic rings. The van der Waals surface area contributed by atoms with Gasteiger partial charge in [0.2, 0.25) is 5.91 Å². The van der Waals surface area contributed by atoms with Crippen molar-refractivity contribution in [1.82, 2.24) is 5.32 Å². The normalized spacial score (nSPS) is 13.5. The first kappa shape index (κ1) is 17.8. The highest BCUT2D eigenvalue weighted by Crippen LogP contribution is 2.21. The summed E-state index contributed by atoms with van der Waals surface area (Å²) < 4.78 is 10.00. The summed E-state index contributed by atoms with van der Waals surface area (Å²) in [5.74, 6) is 0.999. The second-order valence-electron chi connectivity index (χ2n) is 4.98. The maximum atomic E-state index is 11.8. The summed E-state index contributed by atoms with van der Waals surface area (Å²) in [5.41, 5.74) is -0.948. The van der Waals surface area contributed by atoms with E-state index in [1.54, 1.807) is 21.1 Å². The molecule has 5 nitrogen and oxygen atoms in total. The second-order valence-corrected chi connectivity index (χ2v) is 6.03. The summed E-state index contributed by atoms with van der Waals surface area (Å²) >= 11 is 1.44. The molecule has 1 rings (SSSR count). The molecule has 6 heteroatoms. The minimum Gasteiger partial charge on any atom is -0.497 e. The van der Waals surface area contributed by atoms with E-state index in [1.165, 1.54) is 11.8 Å². The lowest BCUT2D eigenvalue weighted by atomic mass is 10.0. The summed E-state index contributed by atoms with van der Waals surface area (Å²) in [7, 11) is 3.20. The molecule has 0 aliphatic heterocycles. The third kappa shape index (κ3) is 7.36.